The Morgan fingerprint density at radius 3 is 2.03 bits per heavy atom. The molecule has 0 unspecified atom stereocenters. The van der Waals surface area contributed by atoms with Gasteiger partial charge in [-0.25, -0.2) is 0 Å². The van der Waals surface area contributed by atoms with Gasteiger partial charge in [-0.3, -0.25) is 0 Å². The minimum absolute atomic E-state index is 0.669. The molecular formula is C30H52. The van der Waals surface area contributed by atoms with Crippen molar-refractivity contribution in [1.82, 2.24) is 0 Å². The Morgan fingerprint density at radius 2 is 1.33 bits per heavy atom. The molecule has 172 valence electrons. The Morgan fingerprint density at radius 1 is 0.667 bits per heavy atom. The fourth-order valence-electron chi connectivity index (χ4n) is 11.1. The zero-order valence-electron chi connectivity index (χ0n) is 21.4. The van der Waals surface area contributed by atoms with Crippen LogP contribution in [0.3, 0.4) is 0 Å². The van der Waals surface area contributed by atoms with Crippen LogP contribution >= 0.6 is 0 Å². The van der Waals surface area contributed by atoms with Gasteiger partial charge in [0.2, 0.25) is 0 Å². The molecule has 0 aromatic heterocycles. The SMILES string of the molecule is CC(C)[C@H]1CC[C@H](C)[C@H]2C[C@@H]3[C@@H](C[C@@H]21)C[C@@]1(C)CC[C@H](C(C)C)[C@H]2C[C@@H](C)C[C@@H]3[C@@H]21. The maximum atomic E-state index is 2.77. The molecule has 0 N–H and O–H groups in total. The Balaban J connectivity index is 1.47. The molecule has 5 aliphatic rings. The molecule has 0 heteroatoms. The standard InChI is InChI=1S/C30H52/c1-17(2)22-9-8-20(6)24-15-25-21(14-26(22)24)16-30(7)11-10-23(18(3)4)27-12-19(5)13-28(25)29(27)30/h17-29H,8-16H2,1-7H3/t19-,20+,21+,22-,23-,24-,25-,26-,27-,28+,29-,30-/m1/s1. The van der Waals surface area contributed by atoms with Gasteiger partial charge in [0, 0.05) is 0 Å². The average molecular weight is 413 g/mol. The van der Waals surface area contributed by atoms with Crippen LogP contribution in [0.2, 0.25) is 0 Å². The molecule has 5 rings (SSSR count). The Labute approximate surface area is 188 Å². The summed E-state index contributed by atoms with van der Waals surface area (Å²) in [6, 6.07) is 0. The molecule has 0 amide bonds. The predicted molar refractivity (Wildman–Crippen MR) is 129 cm³/mol. The van der Waals surface area contributed by atoms with Gasteiger partial charge in [-0.1, -0.05) is 54.9 Å². The molecule has 12 atom stereocenters. The van der Waals surface area contributed by atoms with Crippen LogP contribution in [0.5, 0.6) is 0 Å². The number of fused-ring (bicyclic) bond motifs is 3. The van der Waals surface area contributed by atoms with Gasteiger partial charge >= 0.3 is 0 Å². The highest BCUT2D eigenvalue weighted by atomic mass is 14.7. The predicted octanol–water partition coefficient (Wildman–Crippen LogP) is 8.70. The lowest BCUT2D eigenvalue weighted by Gasteiger charge is -2.66. The van der Waals surface area contributed by atoms with Crippen LogP contribution in [-0.4, -0.2) is 0 Å². The molecule has 0 heterocycles. The summed E-state index contributed by atoms with van der Waals surface area (Å²) in [5, 5.41) is 0. The lowest BCUT2D eigenvalue weighted by molar-refractivity contribution is -0.170. The zero-order chi connectivity index (χ0) is 21.4. The molecule has 30 heavy (non-hydrogen) atoms. The van der Waals surface area contributed by atoms with Gasteiger partial charge in [-0.15, -0.1) is 0 Å². The first-order valence-corrected chi connectivity index (χ1v) is 14.2. The van der Waals surface area contributed by atoms with E-state index >= 15 is 0 Å². The Kier molecular flexibility index (Phi) is 5.67. The number of hydrogen-bond acceptors (Lipinski definition) is 0. The smallest absolute Gasteiger partial charge is 0.0289 e. The summed E-state index contributed by atoms with van der Waals surface area (Å²) in [7, 11) is 0. The molecule has 0 aliphatic heterocycles. The van der Waals surface area contributed by atoms with Crippen LogP contribution < -0.4 is 0 Å². The van der Waals surface area contributed by atoms with Gasteiger partial charge < -0.3 is 0 Å². The topological polar surface area (TPSA) is 0 Å². The van der Waals surface area contributed by atoms with Crippen LogP contribution in [0.25, 0.3) is 0 Å². The van der Waals surface area contributed by atoms with E-state index in [-0.39, 0.29) is 0 Å². The van der Waals surface area contributed by atoms with Crippen LogP contribution in [-0.2, 0) is 0 Å². The van der Waals surface area contributed by atoms with Gasteiger partial charge in [0.05, 0.1) is 0 Å². The first kappa shape index (κ1) is 21.8. The van der Waals surface area contributed by atoms with E-state index in [1.807, 2.05) is 0 Å². The van der Waals surface area contributed by atoms with Crippen LogP contribution in [0.4, 0.5) is 0 Å². The van der Waals surface area contributed by atoms with Crippen molar-refractivity contribution < 1.29 is 0 Å². The maximum Gasteiger partial charge on any atom is -0.0289 e. The molecule has 0 saturated heterocycles. The maximum absolute atomic E-state index is 2.77. The average Bonchev–Trinajstić information content (AvgIpc) is 2.66. The first-order valence-electron chi connectivity index (χ1n) is 14.2. The van der Waals surface area contributed by atoms with Crippen molar-refractivity contribution in [3.8, 4) is 0 Å². The van der Waals surface area contributed by atoms with E-state index in [0.717, 1.165) is 76.9 Å². The fraction of sp³-hybridized carbons (Fsp3) is 1.00. The van der Waals surface area contributed by atoms with Gasteiger partial charge in [-0.2, -0.15) is 0 Å². The molecule has 5 saturated carbocycles. The minimum Gasteiger partial charge on any atom is -0.0625 e. The number of rotatable bonds is 2. The van der Waals surface area contributed by atoms with E-state index in [0.29, 0.717) is 5.41 Å². The highest BCUT2D eigenvalue weighted by molar-refractivity contribution is 5.09. The van der Waals surface area contributed by atoms with Crippen molar-refractivity contribution in [3.05, 3.63) is 0 Å². The van der Waals surface area contributed by atoms with E-state index < -0.39 is 0 Å². The third-order valence-electron chi connectivity index (χ3n) is 12.2. The van der Waals surface area contributed by atoms with Crippen LogP contribution in [0.1, 0.15) is 106 Å². The molecule has 0 nitrogen and oxygen atoms in total. The van der Waals surface area contributed by atoms with Gasteiger partial charge in [0.15, 0.2) is 0 Å². The molecule has 5 fully saturated rings. The molecule has 0 aromatic rings. The normalized spacial score (nSPS) is 55.7. The summed E-state index contributed by atoms with van der Waals surface area (Å²) < 4.78 is 0. The largest absolute Gasteiger partial charge is 0.0625 e. The van der Waals surface area contributed by atoms with Crippen molar-refractivity contribution >= 4 is 0 Å². The molecule has 5 aliphatic carbocycles. The lowest BCUT2D eigenvalue weighted by atomic mass is 9.39. The quantitative estimate of drug-likeness (QED) is 0.425. The molecule has 0 spiro atoms. The molecule has 0 aromatic carbocycles. The Bertz CT molecular complexity index is 618. The van der Waals surface area contributed by atoms with Crippen molar-refractivity contribution in [1.29, 1.82) is 0 Å². The van der Waals surface area contributed by atoms with E-state index in [9.17, 15) is 0 Å². The highest BCUT2D eigenvalue weighted by Gasteiger charge is 2.60. The minimum atomic E-state index is 0.669. The highest BCUT2D eigenvalue weighted by Crippen LogP contribution is 2.68. The van der Waals surface area contributed by atoms with Gasteiger partial charge in [0.25, 0.3) is 0 Å². The van der Waals surface area contributed by atoms with E-state index in [1.165, 1.54) is 19.3 Å². The summed E-state index contributed by atoms with van der Waals surface area (Å²) in [5.41, 5.74) is 0.669. The molecule has 0 bridgehead atoms. The van der Waals surface area contributed by atoms with E-state index in [2.05, 4.69) is 48.5 Å². The fourth-order valence-corrected chi connectivity index (χ4v) is 11.1. The second-order valence-electron chi connectivity index (χ2n) is 14.4. The van der Waals surface area contributed by atoms with Crippen molar-refractivity contribution in [2.45, 2.75) is 106 Å². The summed E-state index contributed by atoms with van der Waals surface area (Å²) in [6.07, 6.45) is 14.1. The summed E-state index contributed by atoms with van der Waals surface area (Å²) in [6.45, 7) is 18.2. The Hall–Kier alpha value is 0. The van der Waals surface area contributed by atoms with Crippen molar-refractivity contribution in [2.75, 3.05) is 0 Å². The summed E-state index contributed by atoms with van der Waals surface area (Å²) in [5.74, 6) is 13.2. The van der Waals surface area contributed by atoms with Gasteiger partial charge in [0.1, 0.15) is 0 Å². The number of hydrogen-bond donors (Lipinski definition) is 0. The zero-order valence-corrected chi connectivity index (χ0v) is 21.4. The first-order chi connectivity index (χ1) is 14.2. The second-order valence-corrected chi connectivity index (χ2v) is 14.4. The van der Waals surface area contributed by atoms with Crippen LogP contribution in [0, 0.1) is 82.3 Å². The summed E-state index contributed by atoms with van der Waals surface area (Å²) in [4.78, 5) is 0. The van der Waals surface area contributed by atoms with Crippen LogP contribution in [0.15, 0.2) is 0 Å². The van der Waals surface area contributed by atoms with E-state index in [4.69, 9.17) is 0 Å². The molecule has 0 radical (unpaired) electrons. The van der Waals surface area contributed by atoms with E-state index in [1.54, 1.807) is 38.5 Å². The monoisotopic (exact) mass is 412 g/mol. The summed E-state index contributed by atoms with van der Waals surface area (Å²) >= 11 is 0. The van der Waals surface area contributed by atoms with Crippen molar-refractivity contribution in [2.24, 2.45) is 82.3 Å². The third kappa shape index (κ3) is 3.36. The second kappa shape index (κ2) is 7.80. The lowest BCUT2D eigenvalue weighted by Crippen LogP contribution is -2.58. The third-order valence-corrected chi connectivity index (χ3v) is 12.2. The molecular weight excluding hydrogens is 360 g/mol. The van der Waals surface area contributed by atoms with Gasteiger partial charge in [-0.05, 0) is 134 Å². The van der Waals surface area contributed by atoms with Crippen molar-refractivity contribution in [3.63, 3.8) is 0 Å².